The topological polar surface area (TPSA) is 88.7 Å². The Morgan fingerprint density at radius 3 is 2.67 bits per heavy atom. The molecular weight excluding hydrogens is 464 g/mol. The van der Waals surface area contributed by atoms with Crippen molar-refractivity contribution in [3.63, 3.8) is 0 Å². The zero-order valence-electron chi connectivity index (χ0n) is 15.9. The molecule has 156 valence electrons. The highest BCUT2D eigenvalue weighted by Gasteiger charge is 2.36. The van der Waals surface area contributed by atoms with E-state index < -0.39 is 23.1 Å². The van der Waals surface area contributed by atoms with Gasteiger partial charge < -0.3 is 14.8 Å². The second kappa shape index (κ2) is 7.31. The van der Waals surface area contributed by atoms with E-state index in [2.05, 4.69) is 26.3 Å². The molecule has 0 atom stereocenters. The molecule has 0 aliphatic carbocycles. The summed E-state index contributed by atoms with van der Waals surface area (Å²) in [5.41, 5.74) is -0.0661. The predicted octanol–water partition coefficient (Wildman–Crippen LogP) is 2.54. The molecule has 0 bridgehead atoms. The summed E-state index contributed by atoms with van der Waals surface area (Å²) >= 11 is 3.20. The van der Waals surface area contributed by atoms with Gasteiger partial charge in [-0.2, -0.15) is 9.61 Å². The molecule has 8 nitrogen and oxygen atoms in total. The number of nitrogens with one attached hydrogen (secondary N) is 1. The highest BCUT2D eigenvalue weighted by molar-refractivity contribution is 9.10. The first-order valence-corrected chi connectivity index (χ1v) is 9.83. The van der Waals surface area contributed by atoms with E-state index in [1.165, 1.54) is 15.5 Å². The number of fused-ring (bicyclic) bond motifs is 2. The van der Waals surface area contributed by atoms with Crippen LogP contribution < -0.4 is 10.9 Å². The van der Waals surface area contributed by atoms with E-state index in [0.29, 0.717) is 10.7 Å². The lowest BCUT2D eigenvalue weighted by Gasteiger charge is -2.20. The van der Waals surface area contributed by atoms with Crippen LogP contribution in [0.2, 0.25) is 0 Å². The van der Waals surface area contributed by atoms with Gasteiger partial charge in [0.05, 0.1) is 17.8 Å². The van der Waals surface area contributed by atoms with Gasteiger partial charge in [0.1, 0.15) is 34.1 Å². The molecule has 3 aromatic rings. The van der Waals surface area contributed by atoms with Gasteiger partial charge in [-0.05, 0) is 41.9 Å². The Morgan fingerprint density at radius 2 is 2.00 bits per heavy atom. The third kappa shape index (κ3) is 3.28. The fourth-order valence-corrected chi connectivity index (χ4v) is 3.82. The summed E-state index contributed by atoms with van der Waals surface area (Å²) in [6.07, 6.45) is 0. The average molecular weight is 480 g/mol. The van der Waals surface area contributed by atoms with Gasteiger partial charge in [-0.25, -0.2) is 8.78 Å². The molecule has 2 amide bonds. The number of halogens is 3. The minimum atomic E-state index is -0.923. The van der Waals surface area contributed by atoms with E-state index >= 15 is 0 Å². The van der Waals surface area contributed by atoms with Crippen LogP contribution in [0.4, 0.5) is 14.5 Å². The number of rotatable bonds is 4. The zero-order chi connectivity index (χ0) is 21.7. The maximum Gasteiger partial charge on any atom is 0.280 e. The second-order valence-corrected chi connectivity index (χ2v) is 7.97. The zero-order valence-corrected chi connectivity index (χ0v) is 17.5. The van der Waals surface area contributed by atoms with Crippen LogP contribution in [0, 0.1) is 11.6 Å². The first-order chi connectivity index (χ1) is 14.2. The van der Waals surface area contributed by atoms with Gasteiger partial charge in [0.2, 0.25) is 5.91 Å². The molecule has 3 heterocycles. The molecule has 0 radical (unpaired) electrons. The fourth-order valence-electron chi connectivity index (χ4n) is 3.46. The maximum absolute atomic E-state index is 13.9. The molecule has 30 heavy (non-hydrogen) atoms. The summed E-state index contributed by atoms with van der Waals surface area (Å²) in [6.45, 7) is 3.37. The van der Waals surface area contributed by atoms with Crippen molar-refractivity contribution in [1.29, 1.82) is 0 Å². The Balaban J connectivity index is 1.79. The Hall–Kier alpha value is -3.08. The van der Waals surface area contributed by atoms with E-state index in [1.807, 2.05) is 13.8 Å². The van der Waals surface area contributed by atoms with Gasteiger partial charge >= 0.3 is 0 Å². The second-order valence-electron chi connectivity index (χ2n) is 7.15. The number of nitrogens with zero attached hydrogens (tertiary/aromatic N) is 4. The van der Waals surface area contributed by atoms with Crippen molar-refractivity contribution in [2.45, 2.75) is 33.0 Å². The number of hydrogen-bond acceptors (Lipinski definition) is 4. The first-order valence-electron chi connectivity index (χ1n) is 9.04. The van der Waals surface area contributed by atoms with E-state index in [9.17, 15) is 23.2 Å². The molecule has 1 aliphatic heterocycles. The SMILES string of the molecule is CC(C)N1Cc2c(n(CC(=O)Nc3ccc(F)cc3F)c3cc(Br)nn3c2=O)C1=O. The first kappa shape index (κ1) is 20.2. The van der Waals surface area contributed by atoms with Crippen LogP contribution in [0.15, 0.2) is 33.7 Å². The highest BCUT2D eigenvalue weighted by atomic mass is 79.9. The third-order valence-electron chi connectivity index (χ3n) is 4.87. The Bertz CT molecular complexity index is 1270. The normalized spacial score (nSPS) is 13.4. The molecule has 0 spiro atoms. The van der Waals surface area contributed by atoms with Crippen LogP contribution >= 0.6 is 15.9 Å². The number of carbonyl (C=O) groups is 2. The van der Waals surface area contributed by atoms with Crippen molar-refractivity contribution < 1.29 is 18.4 Å². The third-order valence-corrected chi connectivity index (χ3v) is 5.25. The van der Waals surface area contributed by atoms with Crippen molar-refractivity contribution in [3.05, 3.63) is 62.1 Å². The number of aromatic nitrogens is 3. The number of hydrogen-bond donors (Lipinski definition) is 1. The molecule has 11 heteroatoms. The van der Waals surface area contributed by atoms with Gasteiger partial charge in [-0.3, -0.25) is 14.4 Å². The smallest absolute Gasteiger partial charge is 0.280 e. The van der Waals surface area contributed by atoms with Crippen LogP contribution in [0.25, 0.3) is 5.65 Å². The van der Waals surface area contributed by atoms with Crippen LogP contribution in [0.1, 0.15) is 29.9 Å². The molecule has 0 saturated heterocycles. The van der Waals surface area contributed by atoms with Gasteiger partial charge in [-0.15, -0.1) is 0 Å². The summed E-state index contributed by atoms with van der Waals surface area (Å²) in [5, 5.41) is 6.46. The van der Waals surface area contributed by atoms with Crippen LogP contribution in [0.3, 0.4) is 0 Å². The average Bonchev–Trinajstić information content (AvgIpc) is 3.22. The van der Waals surface area contributed by atoms with Crippen molar-refractivity contribution in [2.75, 3.05) is 5.32 Å². The molecule has 1 aromatic carbocycles. The standard InChI is InChI=1S/C19H16BrF2N5O3/c1-9(2)25-7-11-17(19(25)30)26(16-6-14(20)24-27(16)18(11)29)8-15(28)23-13-4-3-10(21)5-12(13)22/h3-6,9H,7-8H2,1-2H3,(H,23,28). The fraction of sp³-hybridized carbons (Fsp3) is 0.263. The van der Waals surface area contributed by atoms with Gasteiger partial charge in [0.25, 0.3) is 11.5 Å². The minimum Gasteiger partial charge on any atom is -0.330 e. The summed E-state index contributed by atoms with van der Waals surface area (Å²) in [7, 11) is 0. The number of amides is 2. The Kier molecular flexibility index (Phi) is 4.92. The van der Waals surface area contributed by atoms with Gasteiger partial charge in [0.15, 0.2) is 0 Å². The Labute approximate surface area is 177 Å². The lowest BCUT2D eigenvalue weighted by molar-refractivity contribution is -0.116. The summed E-state index contributed by atoms with van der Waals surface area (Å²) in [6, 6.07) is 4.14. The molecule has 0 unspecified atom stereocenters. The minimum absolute atomic E-state index is 0.100. The lowest BCUT2D eigenvalue weighted by Crippen LogP contribution is -2.32. The maximum atomic E-state index is 13.9. The van der Waals surface area contributed by atoms with Crippen molar-refractivity contribution in [2.24, 2.45) is 0 Å². The van der Waals surface area contributed by atoms with Gasteiger partial charge in [-0.1, -0.05) is 0 Å². The molecule has 1 N–H and O–H groups in total. The predicted molar refractivity (Wildman–Crippen MR) is 107 cm³/mol. The van der Waals surface area contributed by atoms with E-state index in [1.54, 1.807) is 0 Å². The molecule has 0 fully saturated rings. The molecule has 4 rings (SSSR count). The molecular formula is C19H16BrF2N5O3. The number of anilines is 1. The molecule has 2 aromatic heterocycles. The quantitative estimate of drug-likeness (QED) is 0.622. The van der Waals surface area contributed by atoms with Crippen molar-refractivity contribution >= 4 is 39.1 Å². The molecule has 0 saturated carbocycles. The number of carbonyl (C=O) groups excluding carboxylic acids is 2. The highest BCUT2D eigenvalue weighted by Crippen LogP contribution is 2.25. The Morgan fingerprint density at radius 1 is 1.27 bits per heavy atom. The summed E-state index contributed by atoms with van der Waals surface area (Å²) in [5.74, 6) is -2.72. The van der Waals surface area contributed by atoms with E-state index in [-0.39, 0.29) is 47.6 Å². The largest absolute Gasteiger partial charge is 0.330 e. The summed E-state index contributed by atoms with van der Waals surface area (Å²) < 4.78 is 29.9. The summed E-state index contributed by atoms with van der Waals surface area (Å²) in [4.78, 5) is 40.0. The van der Waals surface area contributed by atoms with Crippen LogP contribution in [-0.2, 0) is 17.9 Å². The number of benzene rings is 1. The molecule has 1 aliphatic rings. The van der Waals surface area contributed by atoms with Crippen molar-refractivity contribution in [3.8, 4) is 0 Å². The van der Waals surface area contributed by atoms with E-state index in [4.69, 9.17) is 0 Å². The van der Waals surface area contributed by atoms with Crippen LogP contribution in [-0.4, -0.2) is 36.9 Å². The van der Waals surface area contributed by atoms with Crippen molar-refractivity contribution in [1.82, 2.24) is 19.1 Å². The van der Waals surface area contributed by atoms with Crippen LogP contribution in [0.5, 0.6) is 0 Å². The van der Waals surface area contributed by atoms with Gasteiger partial charge in [0, 0.05) is 18.2 Å². The monoisotopic (exact) mass is 479 g/mol. The lowest BCUT2D eigenvalue weighted by atomic mass is 10.2. The van der Waals surface area contributed by atoms with E-state index in [0.717, 1.165) is 16.6 Å².